The smallest absolute Gasteiger partial charge is 0.247 e. The first-order chi connectivity index (χ1) is 12.5. The maximum atomic E-state index is 13.1. The predicted molar refractivity (Wildman–Crippen MR) is 97.9 cm³/mol. The van der Waals surface area contributed by atoms with Crippen molar-refractivity contribution in [3.8, 4) is 0 Å². The van der Waals surface area contributed by atoms with Gasteiger partial charge in [0.25, 0.3) is 0 Å². The largest absolute Gasteiger partial charge is 0.324 e. The second-order valence-electron chi connectivity index (χ2n) is 8.05. The number of hydrogen-bond acceptors (Lipinski definition) is 3. The minimum Gasteiger partial charge on any atom is -0.324 e. The van der Waals surface area contributed by atoms with E-state index in [0.29, 0.717) is 12.1 Å². The van der Waals surface area contributed by atoms with E-state index in [2.05, 4.69) is 17.5 Å². The molecule has 2 aliphatic carbocycles. The van der Waals surface area contributed by atoms with Crippen molar-refractivity contribution in [2.24, 2.45) is 29.6 Å². The van der Waals surface area contributed by atoms with Crippen LogP contribution >= 0.6 is 0 Å². The van der Waals surface area contributed by atoms with Gasteiger partial charge in [-0.15, -0.1) is 0 Å². The molecular formula is C21H24N2O3. The molecule has 136 valence electrons. The van der Waals surface area contributed by atoms with Crippen LogP contribution < -0.4 is 5.32 Å². The fourth-order valence-corrected chi connectivity index (χ4v) is 4.76. The lowest BCUT2D eigenvalue weighted by molar-refractivity contribution is -0.147. The lowest BCUT2D eigenvalue weighted by atomic mass is 9.85. The number of benzene rings is 1. The molecule has 1 N–H and O–H groups in total. The number of nitrogens with zero attached hydrogens (tertiary/aromatic N) is 1. The average molecular weight is 352 g/mol. The summed E-state index contributed by atoms with van der Waals surface area (Å²) in [5.41, 5.74) is 0.673. The molecular weight excluding hydrogens is 328 g/mol. The number of hydrogen-bond donors (Lipinski definition) is 1. The summed E-state index contributed by atoms with van der Waals surface area (Å²) in [6, 6.07) is 8.41. The molecule has 2 fully saturated rings. The SMILES string of the molecule is CC(C)C[C@H](C(=O)Nc1ccccc1)N1C(=O)[C@H]2[C@H](C1=O)[C@H]1C=C[C@H]2C1. The van der Waals surface area contributed by atoms with Crippen LogP contribution in [-0.4, -0.2) is 28.7 Å². The molecule has 5 atom stereocenters. The van der Waals surface area contributed by atoms with Crippen LogP contribution in [0.15, 0.2) is 42.5 Å². The minimum absolute atomic E-state index is 0.156. The highest BCUT2D eigenvalue weighted by molar-refractivity contribution is 6.10. The van der Waals surface area contributed by atoms with Crippen LogP contribution in [0.25, 0.3) is 0 Å². The minimum atomic E-state index is -0.750. The first-order valence-electron chi connectivity index (χ1n) is 9.38. The molecule has 4 rings (SSSR count). The van der Waals surface area contributed by atoms with E-state index in [-0.39, 0.29) is 47.3 Å². The number of imide groups is 1. The van der Waals surface area contributed by atoms with Gasteiger partial charge in [-0.25, -0.2) is 0 Å². The van der Waals surface area contributed by atoms with Crippen LogP contribution in [0.3, 0.4) is 0 Å². The van der Waals surface area contributed by atoms with Crippen LogP contribution in [0.5, 0.6) is 0 Å². The summed E-state index contributed by atoms with van der Waals surface area (Å²) in [4.78, 5) is 40.3. The fraction of sp³-hybridized carbons (Fsp3) is 0.476. The number of likely N-dealkylation sites (tertiary alicyclic amines) is 1. The van der Waals surface area contributed by atoms with Gasteiger partial charge in [0.05, 0.1) is 11.8 Å². The second-order valence-corrected chi connectivity index (χ2v) is 8.05. The van der Waals surface area contributed by atoms with Crippen molar-refractivity contribution in [1.82, 2.24) is 4.90 Å². The van der Waals surface area contributed by atoms with Crippen LogP contribution in [0.4, 0.5) is 5.69 Å². The van der Waals surface area contributed by atoms with E-state index < -0.39 is 6.04 Å². The van der Waals surface area contributed by atoms with Gasteiger partial charge < -0.3 is 5.32 Å². The monoisotopic (exact) mass is 352 g/mol. The van der Waals surface area contributed by atoms with Gasteiger partial charge in [-0.05, 0) is 42.7 Å². The standard InChI is InChI=1S/C21H24N2O3/c1-12(2)10-16(19(24)22-15-6-4-3-5-7-15)23-20(25)17-13-8-9-14(11-13)18(17)21(23)26/h3-9,12-14,16-18H,10-11H2,1-2H3,(H,22,24)/t13-,14-,16+,17+,18+/m0/s1. The quantitative estimate of drug-likeness (QED) is 0.654. The molecule has 5 heteroatoms. The third-order valence-electron chi connectivity index (χ3n) is 5.85. The number of nitrogens with one attached hydrogen (secondary N) is 1. The molecule has 5 nitrogen and oxygen atoms in total. The molecule has 0 spiro atoms. The van der Waals surface area contributed by atoms with Crippen LogP contribution in [0, 0.1) is 29.6 Å². The number of rotatable bonds is 5. The third kappa shape index (κ3) is 2.66. The van der Waals surface area contributed by atoms with E-state index in [9.17, 15) is 14.4 Å². The Kier molecular flexibility index (Phi) is 4.17. The molecule has 0 unspecified atom stereocenters. The summed E-state index contributed by atoms with van der Waals surface area (Å²) in [6.45, 7) is 4.00. The molecule has 1 aromatic rings. The van der Waals surface area contributed by atoms with E-state index >= 15 is 0 Å². The summed E-state index contributed by atoms with van der Waals surface area (Å²) in [5, 5.41) is 2.87. The highest BCUT2D eigenvalue weighted by Gasteiger charge is 2.61. The number of amides is 3. The Hall–Kier alpha value is -2.43. The molecule has 1 aliphatic heterocycles. The zero-order valence-electron chi connectivity index (χ0n) is 15.1. The van der Waals surface area contributed by atoms with E-state index in [4.69, 9.17) is 0 Å². The normalized spacial score (nSPS) is 30.2. The summed E-state index contributed by atoms with van der Waals surface area (Å²) in [5.74, 6) is -0.638. The Labute approximate surface area is 153 Å². The highest BCUT2D eigenvalue weighted by atomic mass is 16.2. The summed E-state index contributed by atoms with van der Waals surface area (Å²) >= 11 is 0. The fourth-order valence-electron chi connectivity index (χ4n) is 4.76. The van der Waals surface area contributed by atoms with Crippen molar-refractivity contribution in [2.75, 3.05) is 5.32 Å². The molecule has 0 radical (unpaired) electrons. The van der Waals surface area contributed by atoms with Crippen LogP contribution in [0.2, 0.25) is 0 Å². The maximum Gasteiger partial charge on any atom is 0.247 e. The van der Waals surface area contributed by atoms with Crippen molar-refractivity contribution in [2.45, 2.75) is 32.7 Å². The third-order valence-corrected chi connectivity index (χ3v) is 5.85. The Morgan fingerprint density at radius 1 is 1.08 bits per heavy atom. The van der Waals surface area contributed by atoms with E-state index in [0.717, 1.165) is 6.42 Å². The Morgan fingerprint density at radius 3 is 2.19 bits per heavy atom. The Balaban J connectivity index is 1.60. The number of fused-ring (bicyclic) bond motifs is 5. The average Bonchev–Trinajstić information content (AvgIpc) is 3.28. The first kappa shape index (κ1) is 17.0. The number of anilines is 1. The molecule has 0 aromatic heterocycles. The number of allylic oxidation sites excluding steroid dienone is 2. The van der Waals surface area contributed by atoms with Gasteiger partial charge in [0.15, 0.2) is 0 Å². The number of carbonyl (C=O) groups is 3. The molecule has 1 saturated carbocycles. The lowest BCUT2D eigenvalue weighted by Gasteiger charge is -2.28. The van der Waals surface area contributed by atoms with E-state index in [1.807, 2.05) is 32.0 Å². The van der Waals surface area contributed by atoms with Crippen molar-refractivity contribution in [3.05, 3.63) is 42.5 Å². The topological polar surface area (TPSA) is 66.5 Å². The molecule has 3 amide bonds. The first-order valence-corrected chi connectivity index (χ1v) is 9.38. The summed E-state index contributed by atoms with van der Waals surface area (Å²) in [7, 11) is 0. The summed E-state index contributed by atoms with van der Waals surface area (Å²) < 4.78 is 0. The Morgan fingerprint density at radius 2 is 1.65 bits per heavy atom. The van der Waals surface area contributed by atoms with Crippen molar-refractivity contribution in [3.63, 3.8) is 0 Å². The number of carbonyl (C=O) groups excluding carboxylic acids is 3. The maximum absolute atomic E-state index is 13.1. The van der Waals surface area contributed by atoms with Gasteiger partial charge in [0, 0.05) is 5.69 Å². The molecule has 3 aliphatic rings. The molecule has 2 bridgehead atoms. The Bertz CT molecular complexity index is 741. The van der Waals surface area contributed by atoms with E-state index in [1.54, 1.807) is 12.1 Å². The van der Waals surface area contributed by atoms with Gasteiger partial charge in [0.1, 0.15) is 6.04 Å². The number of para-hydroxylation sites is 1. The van der Waals surface area contributed by atoms with Gasteiger partial charge >= 0.3 is 0 Å². The van der Waals surface area contributed by atoms with Crippen molar-refractivity contribution < 1.29 is 14.4 Å². The van der Waals surface area contributed by atoms with E-state index in [1.165, 1.54) is 4.90 Å². The van der Waals surface area contributed by atoms with Crippen LogP contribution in [-0.2, 0) is 14.4 Å². The van der Waals surface area contributed by atoms with Crippen molar-refractivity contribution >= 4 is 23.4 Å². The van der Waals surface area contributed by atoms with Gasteiger partial charge in [-0.2, -0.15) is 0 Å². The van der Waals surface area contributed by atoms with Crippen LogP contribution in [0.1, 0.15) is 26.7 Å². The molecule has 1 heterocycles. The highest BCUT2D eigenvalue weighted by Crippen LogP contribution is 2.53. The summed E-state index contributed by atoms with van der Waals surface area (Å²) in [6.07, 6.45) is 5.51. The zero-order valence-corrected chi connectivity index (χ0v) is 15.1. The van der Waals surface area contributed by atoms with Gasteiger partial charge in [-0.1, -0.05) is 44.2 Å². The second kappa shape index (κ2) is 6.38. The van der Waals surface area contributed by atoms with Crippen molar-refractivity contribution in [1.29, 1.82) is 0 Å². The van der Waals surface area contributed by atoms with Gasteiger partial charge in [0.2, 0.25) is 17.7 Å². The van der Waals surface area contributed by atoms with Gasteiger partial charge in [-0.3, -0.25) is 19.3 Å². The molecule has 26 heavy (non-hydrogen) atoms. The zero-order chi connectivity index (χ0) is 18.4. The predicted octanol–water partition coefficient (Wildman–Crippen LogP) is 2.85. The lowest BCUT2D eigenvalue weighted by Crippen LogP contribution is -2.49. The molecule has 1 aromatic carbocycles. The molecule has 1 saturated heterocycles.